The van der Waals surface area contributed by atoms with Gasteiger partial charge in [0.2, 0.25) is 11.8 Å². The molecule has 9 heteroatoms. The van der Waals surface area contributed by atoms with Crippen molar-refractivity contribution >= 4 is 28.6 Å². The number of nitrogens with one attached hydrogen (secondary N) is 1. The van der Waals surface area contributed by atoms with Crippen LogP contribution in [0.2, 0.25) is 0 Å². The average Bonchev–Trinajstić information content (AvgIpc) is 3.36. The molecule has 0 aromatic carbocycles. The van der Waals surface area contributed by atoms with E-state index in [0.717, 1.165) is 79.2 Å². The van der Waals surface area contributed by atoms with Gasteiger partial charge in [-0.25, -0.2) is 18.7 Å². The Morgan fingerprint density at radius 3 is 2.76 bits per heavy atom. The topological polar surface area (TPSA) is 58.1 Å². The van der Waals surface area contributed by atoms with Crippen LogP contribution < -0.4 is 5.32 Å². The van der Waals surface area contributed by atoms with Crippen LogP contribution in [0.3, 0.4) is 0 Å². The molecule has 0 unspecified atom stereocenters. The van der Waals surface area contributed by atoms with Crippen LogP contribution in [0.1, 0.15) is 70.9 Å². The zero-order valence-corrected chi connectivity index (χ0v) is 21.2. The first-order chi connectivity index (χ1) is 15.7. The average molecular weight is 497 g/mol. The van der Waals surface area contributed by atoms with Crippen molar-refractivity contribution in [2.45, 2.75) is 90.1 Å². The molecule has 1 aliphatic heterocycles. The number of alkyl halides is 2. The maximum Gasteiger partial charge on any atom is 0.245 e. The number of fused-ring (bicyclic) bond motifs is 1. The summed E-state index contributed by atoms with van der Waals surface area (Å²) in [5.74, 6) is -1.81. The standard InChI is InChI=1S/C24H34F2N4OS2/c1-16-27-14-19(32-16)13-22(31)28-18-5-3-17(4-6-18)8-11-30-12-9-21-20(15-30)29-23(33-21)7-10-24(2,25)26/h14,17-18H,3-13,15H2,1-2H3,(H,28,31)/t17-,18-. The summed E-state index contributed by atoms with van der Waals surface area (Å²) >= 11 is 3.21. The van der Waals surface area contributed by atoms with E-state index in [0.29, 0.717) is 24.8 Å². The first-order valence-corrected chi connectivity index (χ1v) is 13.6. The first-order valence-electron chi connectivity index (χ1n) is 12.0. The smallest absolute Gasteiger partial charge is 0.245 e. The van der Waals surface area contributed by atoms with Crippen LogP contribution >= 0.6 is 22.7 Å². The lowest BCUT2D eigenvalue weighted by atomic mass is 9.84. The second-order valence-electron chi connectivity index (χ2n) is 9.67. The van der Waals surface area contributed by atoms with Gasteiger partial charge in [-0.05, 0) is 64.8 Å². The van der Waals surface area contributed by atoms with Gasteiger partial charge >= 0.3 is 0 Å². The van der Waals surface area contributed by atoms with E-state index in [1.807, 2.05) is 6.92 Å². The largest absolute Gasteiger partial charge is 0.353 e. The summed E-state index contributed by atoms with van der Waals surface area (Å²) in [7, 11) is 0. The van der Waals surface area contributed by atoms with Gasteiger partial charge < -0.3 is 5.32 Å². The molecular formula is C24H34F2N4OS2. The Kier molecular flexibility index (Phi) is 8.12. The van der Waals surface area contributed by atoms with E-state index in [2.05, 4.69) is 20.2 Å². The minimum absolute atomic E-state index is 0.108. The normalized spacial score (nSPS) is 21.7. The van der Waals surface area contributed by atoms with E-state index < -0.39 is 5.92 Å². The second-order valence-corrected chi connectivity index (χ2v) is 12.2. The van der Waals surface area contributed by atoms with E-state index in [9.17, 15) is 13.6 Å². The van der Waals surface area contributed by atoms with E-state index in [-0.39, 0.29) is 12.3 Å². The van der Waals surface area contributed by atoms with Crippen molar-refractivity contribution < 1.29 is 13.6 Å². The summed E-state index contributed by atoms with van der Waals surface area (Å²) in [6.45, 7) is 5.87. The molecule has 0 radical (unpaired) electrons. The molecule has 2 aromatic rings. The Morgan fingerprint density at radius 2 is 2.06 bits per heavy atom. The quantitative estimate of drug-likeness (QED) is 0.521. The molecule has 2 aromatic heterocycles. The summed E-state index contributed by atoms with van der Waals surface area (Å²) < 4.78 is 26.3. The Balaban J connectivity index is 1.15. The molecule has 2 aliphatic rings. The monoisotopic (exact) mass is 496 g/mol. The fraction of sp³-hybridized carbons (Fsp3) is 0.708. The van der Waals surface area contributed by atoms with E-state index >= 15 is 0 Å². The molecule has 1 amide bonds. The molecule has 1 saturated carbocycles. The third-order valence-corrected chi connectivity index (χ3v) is 8.83. The van der Waals surface area contributed by atoms with Gasteiger partial charge in [0.1, 0.15) is 0 Å². The van der Waals surface area contributed by atoms with Crippen LogP contribution in [-0.2, 0) is 30.6 Å². The van der Waals surface area contributed by atoms with Crippen molar-refractivity contribution in [2.75, 3.05) is 13.1 Å². The molecule has 5 nitrogen and oxygen atoms in total. The van der Waals surface area contributed by atoms with Gasteiger partial charge in [-0.3, -0.25) is 9.69 Å². The second kappa shape index (κ2) is 10.9. The highest BCUT2D eigenvalue weighted by Crippen LogP contribution is 2.30. The number of hydrogen-bond acceptors (Lipinski definition) is 6. The highest BCUT2D eigenvalue weighted by molar-refractivity contribution is 7.12. The summed E-state index contributed by atoms with van der Waals surface area (Å²) in [6, 6.07) is 0.296. The van der Waals surface area contributed by atoms with E-state index in [1.165, 1.54) is 11.3 Å². The Labute approximate surface area is 203 Å². The number of carbonyl (C=O) groups excluding carboxylic acids is 1. The number of hydrogen-bond donors (Lipinski definition) is 1. The SMILES string of the molecule is Cc1ncc(CC(=O)N[C@H]2CC[C@H](CCN3CCc4sc(CCC(C)(F)F)nc4C3)CC2)s1. The van der Waals surface area contributed by atoms with E-state index in [4.69, 9.17) is 0 Å². The number of amides is 1. The fourth-order valence-corrected chi connectivity index (χ4v) is 6.67. The van der Waals surface area contributed by atoms with Gasteiger partial charge in [-0.15, -0.1) is 22.7 Å². The Bertz CT molecular complexity index is 931. The van der Waals surface area contributed by atoms with Gasteiger partial charge in [-0.2, -0.15) is 0 Å². The third kappa shape index (κ3) is 7.52. The van der Waals surface area contributed by atoms with Gasteiger partial charge in [0.25, 0.3) is 0 Å². The number of aromatic nitrogens is 2. The van der Waals surface area contributed by atoms with Crippen LogP contribution in [0.25, 0.3) is 0 Å². The lowest BCUT2D eigenvalue weighted by molar-refractivity contribution is -0.121. The van der Waals surface area contributed by atoms with Crippen LogP contribution in [0.15, 0.2) is 6.20 Å². The Hall–Kier alpha value is -1.45. The van der Waals surface area contributed by atoms with Crippen LogP contribution in [0, 0.1) is 12.8 Å². The van der Waals surface area contributed by atoms with Gasteiger partial charge in [0.05, 0.1) is 22.1 Å². The molecule has 3 heterocycles. The number of nitrogens with zero attached hydrogens (tertiary/aromatic N) is 3. The summed E-state index contributed by atoms with van der Waals surface area (Å²) in [5.41, 5.74) is 1.10. The molecular weight excluding hydrogens is 462 g/mol. The molecule has 0 spiro atoms. The zero-order chi connectivity index (χ0) is 23.4. The van der Waals surface area contributed by atoms with Gasteiger partial charge in [0.15, 0.2) is 0 Å². The first kappa shape index (κ1) is 24.7. The molecule has 0 bridgehead atoms. The summed E-state index contributed by atoms with van der Waals surface area (Å²) in [4.78, 5) is 26.0. The maximum atomic E-state index is 13.2. The van der Waals surface area contributed by atoms with Crippen molar-refractivity contribution in [3.63, 3.8) is 0 Å². The molecule has 4 rings (SSSR count). The molecule has 1 N–H and O–H groups in total. The van der Waals surface area contributed by atoms with Crippen molar-refractivity contribution in [3.8, 4) is 0 Å². The van der Waals surface area contributed by atoms with Crippen LogP contribution in [-0.4, -0.2) is 45.8 Å². The number of aryl methyl sites for hydroxylation is 2. The predicted octanol–water partition coefficient (Wildman–Crippen LogP) is 5.16. The number of thiazole rings is 2. The maximum absolute atomic E-state index is 13.2. The molecule has 0 saturated heterocycles. The lowest BCUT2D eigenvalue weighted by Gasteiger charge is -2.32. The fourth-order valence-electron chi connectivity index (χ4n) is 4.82. The van der Waals surface area contributed by atoms with Crippen LogP contribution in [0.5, 0.6) is 0 Å². The highest BCUT2D eigenvalue weighted by Gasteiger charge is 2.26. The minimum atomic E-state index is -2.62. The zero-order valence-electron chi connectivity index (χ0n) is 19.5. The van der Waals surface area contributed by atoms with Crippen molar-refractivity contribution in [3.05, 3.63) is 31.7 Å². The lowest BCUT2D eigenvalue weighted by Crippen LogP contribution is -2.39. The third-order valence-electron chi connectivity index (χ3n) is 6.70. The van der Waals surface area contributed by atoms with Gasteiger partial charge in [0, 0.05) is 47.9 Å². The van der Waals surface area contributed by atoms with Crippen molar-refractivity contribution in [1.82, 2.24) is 20.2 Å². The van der Waals surface area contributed by atoms with Gasteiger partial charge in [-0.1, -0.05) is 0 Å². The molecule has 1 fully saturated rings. The molecule has 33 heavy (non-hydrogen) atoms. The summed E-state index contributed by atoms with van der Waals surface area (Å²) in [6.07, 6.45) is 9.06. The summed E-state index contributed by atoms with van der Waals surface area (Å²) in [5, 5.41) is 5.07. The number of halogens is 2. The molecule has 1 aliphatic carbocycles. The minimum Gasteiger partial charge on any atom is -0.353 e. The molecule has 0 atom stereocenters. The predicted molar refractivity (Wildman–Crippen MR) is 129 cm³/mol. The van der Waals surface area contributed by atoms with Crippen LogP contribution in [0.4, 0.5) is 8.78 Å². The van der Waals surface area contributed by atoms with E-state index in [1.54, 1.807) is 28.9 Å². The number of carbonyl (C=O) groups is 1. The van der Waals surface area contributed by atoms with Crippen molar-refractivity contribution in [1.29, 1.82) is 0 Å². The Morgan fingerprint density at radius 1 is 1.27 bits per heavy atom. The highest BCUT2D eigenvalue weighted by atomic mass is 32.1. The molecule has 182 valence electrons. The van der Waals surface area contributed by atoms with Crippen molar-refractivity contribution in [2.24, 2.45) is 5.92 Å². The number of rotatable bonds is 9.